The molecule has 0 amide bonds. The maximum atomic E-state index is 12.3. The van der Waals surface area contributed by atoms with Gasteiger partial charge >= 0.3 is 6.18 Å². The molecular formula is C8H6F3NO2. The van der Waals surface area contributed by atoms with Gasteiger partial charge in [0, 0.05) is 17.8 Å². The fourth-order valence-electron chi connectivity index (χ4n) is 0.997. The second-order valence-electron chi connectivity index (χ2n) is 2.68. The Morgan fingerprint density at radius 1 is 1.43 bits per heavy atom. The molecule has 14 heavy (non-hydrogen) atoms. The zero-order chi connectivity index (χ0) is 10.9. The molecule has 1 aromatic rings. The molecule has 0 saturated heterocycles. The fraction of sp³-hybridized carbons (Fsp3) is 0.250. The van der Waals surface area contributed by atoms with Crippen LogP contribution in [0.4, 0.5) is 13.2 Å². The lowest BCUT2D eigenvalue weighted by molar-refractivity contribution is -0.138. The Balaban J connectivity index is 3.45. The van der Waals surface area contributed by atoms with Crippen molar-refractivity contribution in [2.75, 3.05) is 0 Å². The summed E-state index contributed by atoms with van der Waals surface area (Å²) in [6.07, 6.45) is -3.91. The van der Waals surface area contributed by atoms with Crippen molar-refractivity contribution in [2.45, 2.75) is 13.1 Å². The highest BCUT2D eigenvalue weighted by molar-refractivity contribution is 5.95. The van der Waals surface area contributed by atoms with Crippen molar-refractivity contribution in [3.63, 3.8) is 0 Å². The summed E-state index contributed by atoms with van der Waals surface area (Å²) in [6, 6.07) is 0.372. The number of carbonyl (C=O) groups is 1. The van der Waals surface area contributed by atoms with Gasteiger partial charge in [-0.25, -0.2) is 0 Å². The van der Waals surface area contributed by atoms with Crippen LogP contribution in [0.3, 0.4) is 0 Å². The number of hydrogen-bond donors (Lipinski definition) is 1. The number of rotatable bonds is 1. The standard InChI is InChI=1S/C8H6F3NO2/c1-4(13)5-3-12-7(14)2-6(5)8(9,10)11/h2-3H,1H3,(H,12,14). The molecule has 0 atom stereocenters. The molecule has 3 nitrogen and oxygen atoms in total. The van der Waals surface area contributed by atoms with Gasteiger partial charge in [0.1, 0.15) is 0 Å². The molecule has 0 fully saturated rings. The van der Waals surface area contributed by atoms with Crippen LogP contribution < -0.4 is 5.56 Å². The van der Waals surface area contributed by atoms with E-state index in [9.17, 15) is 22.8 Å². The van der Waals surface area contributed by atoms with Crippen LogP contribution in [0, 0.1) is 0 Å². The predicted octanol–water partition coefficient (Wildman–Crippen LogP) is 1.60. The first-order valence-electron chi connectivity index (χ1n) is 3.63. The minimum Gasteiger partial charge on any atom is -0.328 e. The van der Waals surface area contributed by atoms with Gasteiger partial charge in [-0.05, 0) is 6.92 Å². The number of alkyl halides is 3. The Labute approximate surface area is 76.6 Å². The second kappa shape index (κ2) is 3.28. The van der Waals surface area contributed by atoms with E-state index in [1.54, 1.807) is 0 Å². The van der Waals surface area contributed by atoms with Crippen LogP contribution in [0.1, 0.15) is 22.8 Å². The third kappa shape index (κ3) is 2.01. The van der Waals surface area contributed by atoms with E-state index in [0.717, 1.165) is 13.1 Å². The number of halogens is 3. The van der Waals surface area contributed by atoms with Gasteiger partial charge in [0.25, 0.3) is 0 Å². The molecule has 6 heteroatoms. The number of pyridine rings is 1. The van der Waals surface area contributed by atoms with Gasteiger partial charge in [0.05, 0.1) is 5.56 Å². The molecule has 76 valence electrons. The van der Waals surface area contributed by atoms with E-state index in [2.05, 4.69) is 0 Å². The number of aromatic nitrogens is 1. The zero-order valence-corrected chi connectivity index (χ0v) is 7.11. The summed E-state index contributed by atoms with van der Waals surface area (Å²) in [7, 11) is 0. The maximum Gasteiger partial charge on any atom is 0.417 e. The van der Waals surface area contributed by atoms with E-state index >= 15 is 0 Å². The van der Waals surface area contributed by atoms with E-state index in [1.165, 1.54) is 0 Å². The molecule has 1 heterocycles. The molecule has 0 aliphatic carbocycles. The van der Waals surface area contributed by atoms with E-state index in [1.807, 2.05) is 4.98 Å². The van der Waals surface area contributed by atoms with Crippen LogP contribution in [0.15, 0.2) is 17.1 Å². The van der Waals surface area contributed by atoms with E-state index in [0.29, 0.717) is 6.07 Å². The van der Waals surface area contributed by atoms with Crippen LogP contribution in [0.2, 0.25) is 0 Å². The SMILES string of the molecule is CC(=O)c1c[nH]c(=O)cc1C(F)(F)F. The van der Waals surface area contributed by atoms with E-state index < -0.39 is 28.6 Å². The van der Waals surface area contributed by atoms with Crippen LogP contribution in [-0.4, -0.2) is 10.8 Å². The average molecular weight is 205 g/mol. The third-order valence-corrected chi connectivity index (χ3v) is 1.61. The molecule has 0 aliphatic rings. The van der Waals surface area contributed by atoms with Gasteiger partial charge < -0.3 is 4.98 Å². The third-order valence-electron chi connectivity index (χ3n) is 1.61. The van der Waals surface area contributed by atoms with Crippen LogP contribution in [0.5, 0.6) is 0 Å². The van der Waals surface area contributed by atoms with Gasteiger partial charge in [-0.15, -0.1) is 0 Å². The van der Waals surface area contributed by atoms with Crippen molar-refractivity contribution < 1.29 is 18.0 Å². The van der Waals surface area contributed by atoms with Crippen molar-refractivity contribution in [1.82, 2.24) is 4.98 Å². The van der Waals surface area contributed by atoms with Crippen LogP contribution in [-0.2, 0) is 6.18 Å². The Bertz CT molecular complexity index is 419. The van der Waals surface area contributed by atoms with Crippen molar-refractivity contribution >= 4 is 5.78 Å². The fourth-order valence-corrected chi connectivity index (χ4v) is 0.997. The zero-order valence-electron chi connectivity index (χ0n) is 7.11. The van der Waals surface area contributed by atoms with Crippen molar-refractivity contribution in [1.29, 1.82) is 0 Å². The monoisotopic (exact) mass is 205 g/mol. The van der Waals surface area contributed by atoms with Crippen molar-refractivity contribution in [2.24, 2.45) is 0 Å². The number of Topliss-reactive ketones (excluding diaryl/α,β-unsaturated/α-hetero) is 1. The highest BCUT2D eigenvalue weighted by Crippen LogP contribution is 2.30. The summed E-state index contributed by atoms with van der Waals surface area (Å²) in [4.78, 5) is 23.5. The molecule has 0 bridgehead atoms. The smallest absolute Gasteiger partial charge is 0.328 e. The Morgan fingerprint density at radius 2 is 2.00 bits per heavy atom. The summed E-state index contributed by atoms with van der Waals surface area (Å²) in [5, 5.41) is 0. The van der Waals surface area contributed by atoms with E-state index in [-0.39, 0.29) is 0 Å². The highest BCUT2D eigenvalue weighted by atomic mass is 19.4. The molecule has 1 rings (SSSR count). The molecular weight excluding hydrogens is 199 g/mol. The van der Waals surface area contributed by atoms with Gasteiger partial charge in [0.15, 0.2) is 5.78 Å². The Kier molecular flexibility index (Phi) is 2.46. The summed E-state index contributed by atoms with van der Waals surface area (Å²) >= 11 is 0. The molecule has 0 spiro atoms. The summed E-state index contributed by atoms with van der Waals surface area (Å²) in [5.41, 5.74) is -2.62. The Morgan fingerprint density at radius 3 is 2.43 bits per heavy atom. The first-order chi connectivity index (χ1) is 6.32. The molecule has 0 unspecified atom stereocenters. The Hall–Kier alpha value is -1.59. The minimum absolute atomic E-state index is 0.372. The molecule has 0 saturated carbocycles. The molecule has 0 aromatic carbocycles. The van der Waals surface area contributed by atoms with Gasteiger partial charge in [-0.2, -0.15) is 13.2 Å². The van der Waals surface area contributed by atoms with E-state index in [4.69, 9.17) is 0 Å². The van der Waals surface area contributed by atoms with Crippen LogP contribution >= 0.6 is 0 Å². The normalized spacial score (nSPS) is 11.4. The quantitative estimate of drug-likeness (QED) is 0.708. The number of carbonyl (C=O) groups excluding carboxylic acids is 1. The van der Waals surface area contributed by atoms with Gasteiger partial charge in [-0.1, -0.05) is 0 Å². The topological polar surface area (TPSA) is 49.9 Å². The molecule has 0 aliphatic heterocycles. The van der Waals surface area contributed by atoms with Gasteiger partial charge in [-0.3, -0.25) is 9.59 Å². The first kappa shape index (κ1) is 10.5. The molecule has 1 N–H and O–H groups in total. The highest BCUT2D eigenvalue weighted by Gasteiger charge is 2.34. The summed E-state index contributed by atoms with van der Waals surface area (Å²) < 4.78 is 36.9. The van der Waals surface area contributed by atoms with Crippen molar-refractivity contribution in [3.8, 4) is 0 Å². The summed E-state index contributed by atoms with van der Waals surface area (Å²) in [6.45, 7) is 1.00. The average Bonchev–Trinajstić information content (AvgIpc) is 2.01. The number of ketones is 1. The predicted molar refractivity (Wildman–Crippen MR) is 42.1 cm³/mol. The number of nitrogens with one attached hydrogen (secondary N) is 1. The van der Waals surface area contributed by atoms with Gasteiger partial charge in [0.2, 0.25) is 5.56 Å². The number of hydrogen-bond acceptors (Lipinski definition) is 2. The summed E-state index contributed by atoms with van der Waals surface area (Å²) in [5.74, 6) is -0.742. The van der Waals surface area contributed by atoms with Crippen LogP contribution in [0.25, 0.3) is 0 Å². The lowest BCUT2D eigenvalue weighted by Gasteiger charge is -2.09. The lowest BCUT2D eigenvalue weighted by Crippen LogP contribution is -2.17. The lowest BCUT2D eigenvalue weighted by atomic mass is 10.1. The largest absolute Gasteiger partial charge is 0.417 e. The molecule has 1 aromatic heterocycles. The first-order valence-corrected chi connectivity index (χ1v) is 3.63. The number of H-pyrrole nitrogens is 1. The second-order valence-corrected chi connectivity index (χ2v) is 2.68. The number of aromatic amines is 1. The maximum absolute atomic E-state index is 12.3. The minimum atomic E-state index is -4.69. The van der Waals surface area contributed by atoms with Crippen molar-refractivity contribution in [3.05, 3.63) is 33.7 Å². The molecule has 0 radical (unpaired) electrons.